The van der Waals surface area contributed by atoms with Crippen LogP contribution >= 0.6 is 0 Å². The fourth-order valence-corrected chi connectivity index (χ4v) is 2.74. The lowest BCUT2D eigenvalue weighted by Gasteiger charge is -2.36. The van der Waals surface area contributed by atoms with E-state index in [1.165, 1.54) is 7.11 Å². The number of ether oxygens (including phenoxy) is 1. The molecule has 2 rings (SSSR count). The predicted octanol–water partition coefficient (Wildman–Crippen LogP) is 1.66. The van der Waals surface area contributed by atoms with E-state index in [9.17, 15) is 4.79 Å². The summed E-state index contributed by atoms with van der Waals surface area (Å²) in [6, 6.07) is 8.70. The molecule has 2 unspecified atom stereocenters. The van der Waals surface area contributed by atoms with Crippen LogP contribution in [0.3, 0.4) is 0 Å². The van der Waals surface area contributed by atoms with Crippen LogP contribution < -0.4 is 5.32 Å². The van der Waals surface area contributed by atoms with Crippen molar-refractivity contribution in [2.24, 2.45) is 0 Å². The molecule has 0 bridgehead atoms. The Balaban J connectivity index is 2.04. The van der Waals surface area contributed by atoms with E-state index in [2.05, 4.69) is 30.1 Å². The molecule has 0 aromatic heterocycles. The molecule has 0 saturated carbocycles. The zero-order valence-electron chi connectivity index (χ0n) is 11.8. The fourth-order valence-electron chi connectivity index (χ4n) is 2.74. The Morgan fingerprint density at radius 1 is 1.37 bits per heavy atom. The van der Waals surface area contributed by atoms with E-state index in [1.807, 2.05) is 12.1 Å². The Bertz CT molecular complexity index is 438. The number of esters is 1. The summed E-state index contributed by atoms with van der Waals surface area (Å²) in [4.78, 5) is 13.9. The smallest absolute Gasteiger partial charge is 0.337 e. The Morgan fingerprint density at radius 2 is 2.05 bits per heavy atom. The van der Waals surface area contributed by atoms with Gasteiger partial charge in [-0.05, 0) is 31.5 Å². The minimum absolute atomic E-state index is 0.274. The van der Waals surface area contributed by atoms with Crippen LogP contribution in [-0.4, -0.2) is 43.2 Å². The average Bonchev–Trinajstić information content (AvgIpc) is 2.37. The molecule has 4 heteroatoms. The highest BCUT2D eigenvalue weighted by Gasteiger charge is 2.20. The summed E-state index contributed by atoms with van der Waals surface area (Å²) in [7, 11) is 1.41. The molecule has 1 aliphatic heterocycles. The lowest BCUT2D eigenvalue weighted by atomic mass is 10.1. The second kappa shape index (κ2) is 6.17. The first-order valence-corrected chi connectivity index (χ1v) is 6.74. The van der Waals surface area contributed by atoms with Gasteiger partial charge in [-0.15, -0.1) is 0 Å². The van der Waals surface area contributed by atoms with Crippen LogP contribution in [0, 0.1) is 0 Å². The number of piperazine rings is 1. The summed E-state index contributed by atoms with van der Waals surface area (Å²) in [6.07, 6.45) is 0. The molecule has 1 fully saturated rings. The highest BCUT2D eigenvalue weighted by atomic mass is 16.5. The van der Waals surface area contributed by atoms with Gasteiger partial charge in [0.2, 0.25) is 0 Å². The quantitative estimate of drug-likeness (QED) is 0.841. The Hall–Kier alpha value is -1.39. The number of methoxy groups -OCH3 is 1. The molecule has 104 valence electrons. The van der Waals surface area contributed by atoms with Crippen LogP contribution in [0.25, 0.3) is 0 Å². The van der Waals surface area contributed by atoms with Crippen LogP contribution in [0.5, 0.6) is 0 Å². The summed E-state index contributed by atoms with van der Waals surface area (Å²) in [6.45, 7) is 7.35. The van der Waals surface area contributed by atoms with Gasteiger partial charge in [0.1, 0.15) is 0 Å². The number of carbonyl (C=O) groups excluding carboxylic acids is 1. The molecule has 2 atom stereocenters. The van der Waals surface area contributed by atoms with Gasteiger partial charge in [-0.3, -0.25) is 4.90 Å². The van der Waals surface area contributed by atoms with Crippen molar-refractivity contribution >= 4 is 5.97 Å². The van der Waals surface area contributed by atoms with Crippen molar-refractivity contribution in [2.45, 2.75) is 32.5 Å². The Labute approximate surface area is 114 Å². The molecule has 1 heterocycles. The van der Waals surface area contributed by atoms with Crippen molar-refractivity contribution in [3.8, 4) is 0 Å². The number of nitrogens with zero attached hydrogens (tertiary/aromatic N) is 1. The van der Waals surface area contributed by atoms with Gasteiger partial charge in [-0.25, -0.2) is 4.79 Å². The summed E-state index contributed by atoms with van der Waals surface area (Å²) >= 11 is 0. The van der Waals surface area contributed by atoms with Crippen molar-refractivity contribution < 1.29 is 9.53 Å². The van der Waals surface area contributed by atoms with E-state index < -0.39 is 0 Å². The van der Waals surface area contributed by atoms with Gasteiger partial charge >= 0.3 is 5.97 Å². The average molecular weight is 262 g/mol. The lowest BCUT2D eigenvalue weighted by molar-refractivity contribution is 0.0600. The van der Waals surface area contributed by atoms with Crippen LogP contribution in [0.2, 0.25) is 0 Å². The third-order valence-corrected chi connectivity index (χ3v) is 3.39. The molecule has 1 aromatic carbocycles. The molecule has 19 heavy (non-hydrogen) atoms. The van der Waals surface area contributed by atoms with Gasteiger partial charge in [-0.2, -0.15) is 0 Å². The lowest BCUT2D eigenvalue weighted by Crippen LogP contribution is -2.53. The minimum Gasteiger partial charge on any atom is -0.465 e. The number of hydrogen-bond donors (Lipinski definition) is 1. The first kappa shape index (κ1) is 14.0. The predicted molar refractivity (Wildman–Crippen MR) is 75.1 cm³/mol. The van der Waals surface area contributed by atoms with E-state index >= 15 is 0 Å². The second-order valence-electron chi connectivity index (χ2n) is 5.35. The Morgan fingerprint density at radius 3 is 2.68 bits per heavy atom. The van der Waals surface area contributed by atoms with E-state index in [1.54, 1.807) is 6.07 Å². The third-order valence-electron chi connectivity index (χ3n) is 3.39. The molecule has 1 saturated heterocycles. The summed E-state index contributed by atoms with van der Waals surface area (Å²) < 4.78 is 4.75. The SMILES string of the molecule is COC(=O)c1cccc(CN2CC(C)NC(C)C2)c1. The molecule has 0 spiro atoms. The number of carbonyl (C=O) groups is 1. The first-order valence-electron chi connectivity index (χ1n) is 6.74. The minimum atomic E-state index is -0.274. The van der Waals surface area contributed by atoms with Crippen molar-refractivity contribution in [1.29, 1.82) is 0 Å². The highest BCUT2D eigenvalue weighted by Crippen LogP contribution is 2.12. The molecule has 0 aliphatic carbocycles. The molecular weight excluding hydrogens is 240 g/mol. The summed E-state index contributed by atoms with van der Waals surface area (Å²) in [5, 5.41) is 3.52. The number of nitrogens with one attached hydrogen (secondary N) is 1. The van der Waals surface area contributed by atoms with Gasteiger partial charge in [0.25, 0.3) is 0 Å². The van der Waals surface area contributed by atoms with Crippen molar-refractivity contribution in [2.75, 3.05) is 20.2 Å². The van der Waals surface area contributed by atoms with Gasteiger partial charge in [-0.1, -0.05) is 12.1 Å². The maximum atomic E-state index is 11.5. The first-order chi connectivity index (χ1) is 9.08. The standard InChI is InChI=1S/C15H22N2O2/c1-11-8-17(9-12(2)16-11)10-13-5-4-6-14(7-13)15(18)19-3/h4-7,11-12,16H,8-10H2,1-3H3. The largest absolute Gasteiger partial charge is 0.465 e. The van der Waals surface area contributed by atoms with Crippen molar-refractivity contribution in [3.63, 3.8) is 0 Å². The Kier molecular flexibility index (Phi) is 4.56. The molecule has 0 radical (unpaired) electrons. The van der Waals surface area contributed by atoms with Crippen LogP contribution in [-0.2, 0) is 11.3 Å². The van der Waals surface area contributed by atoms with Gasteiger partial charge in [0.15, 0.2) is 0 Å². The maximum Gasteiger partial charge on any atom is 0.337 e. The van der Waals surface area contributed by atoms with E-state index in [-0.39, 0.29) is 5.97 Å². The molecule has 1 aromatic rings. The van der Waals surface area contributed by atoms with Crippen molar-refractivity contribution in [1.82, 2.24) is 10.2 Å². The third kappa shape index (κ3) is 3.78. The van der Waals surface area contributed by atoms with Gasteiger partial charge in [0.05, 0.1) is 12.7 Å². The highest BCUT2D eigenvalue weighted by molar-refractivity contribution is 5.89. The monoisotopic (exact) mass is 262 g/mol. The van der Waals surface area contributed by atoms with E-state index in [0.717, 1.165) is 25.2 Å². The second-order valence-corrected chi connectivity index (χ2v) is 5.35. The van der Waals surface area contributed by atoms with Crippen molar-refractivity contribution in [3.05, 3.63) is 35.4 Å². The van der Waals surface area contributed by atoms with Crippen LogP contribution in [0.4, 0.5) is 0 Å². The number of hydrogen-bond acceptors (Lipinski definition) is 4. The number of rotatable bonds is 3. The molecular formula is C15H22N2O2. The normalized spacial score (nSPS) is 24.2. The number of benzene rings is 1. The fraction of sp³-hybridized carbons (Fsp3) is 0.533. The zero-order chi connectivity index (χ0) is 13.8. The van der Waals surface area contributed by atoms with E-state index in [4.69, 9.17) is 4.74 Å². The molecule has 1 N–H and O–H groups in total. The van der Waals surface area contributed by atoms with Gasteiger partial charge in [0, 0.05) is 31.7 Å². The topological polar surface area (TPSA) is 41.6 Å². The molecule has 1 aliphatic rings. The van der Waals surface area contributed by atoms with Crippen LogP contribution in [0.15, 0.2) is 24.3 Å². The summed E-state index contributed by atoms with van der Waals surface area (Å²) in [5.74, 6) is -0.274. The molecule has 0 amide bonds. The van der Waals surface area contributed by atoms with Gasteiger partial charge < -0.3 is 10.1 Å². The molecule has 4 nitrogen and oxygen atoms in total. The summed E-state index contributed by atoms with van der Waals surface area (Å²) in [5.41, 5.74) is 1.78. The zero-order valence-corrected chi connectivity index (χ0v) is 11.8. The van der Waals surface area contributed by atoms with Crippen LogP contribution in [0.1, 0.15) is 29.8 Å². The maximum absolute atomic E-state index is 11.5. The van der Waals surface area contributed by atoms with E-state index in [0.29, 0.717) is 17.6 Å².